The molecule has 10 heteroatoms. The number of anilines is 1. The highest BCUT2D eigenvalue weighted by Gasteiger charge is 2.74. The molecule has 7 aliphatic rings. The summed E-state index contributed by atoms with van der Waals surface area (Å²) in [6.45, 7) is 10.5. The fourth-order valence-electron chi connectivity index (χ4n) is 13.5. The number of nitrogens with zero attached hydrogens (tertiary/aromatic N) is 1. The van der Waals surface area contributed by atoms with E-state index in [0.29, 0.717) is 68.7 Å². The Kier molecular flexibility index (Phi) is 9.16. The number of hydrogen-bond acceptors (Lipinski definition) is 9. The Bertz CT molecular complexity index is 1720. The molecule has 0 radical (unpaired) electrons. The number of ketones is 1. The standard InChI is InChI=1S/C44H63NO9/c1-25(2)26(3)37-38(54-37)40(5,52)34-10-15-44(53)31-19-35(50)43(24-46)21-33(49)32(48)20-39(43,4)30(31)9-14-42(34,44)13-8-27-16-28(18-29(47)17-27)45-23-41(22-36(45)51)11-6-7-12-41/h16-19,25-26,30,32-34,37-38,46-49,52-53H,6-15,20-24H2,1-5H3/t26-,30+,32+,33-,34-,37+,38-,39-,40-,42-,43-,44-/m1/s1. The zero-order valence-corrected chi connectivity index (χ0v) is 32.9. The first kappa shape index (κ1) is 38.5. The van der Waals surface area contributed by atoms with E-state index in [9.17, 15) is 40.2 Å². The van der Waals surface area contributed by atoms with Gasteiger partial charge in [0.2, 0.25) is 5.91 Å². The molecule has 1 aromatic rings. The number of amides is 1. The molecule has 54 heavy (non-hydrogen) atoms. The van der Waals surface area contributed by atoms with Gasteiger partial charge in [-0.2, -0.15) is 0 Å². The van der Waals surface area contributed by atoms with Crippen LogP contribution in [0.25, 0.3) is 0 Å². The molecular weight excluding hydrogens is 686 g/mol. The van der Waals surface area contributed by atoms with Crippen molar-refractivity contribution in [2.45, 2.75) is 154 Å². The number of fused-ring (bicyclic) bond motifs is 5. The first-order valence-corrected chi connectivity index (χ1v) is 20.8. The van der Waals surface area contributed by atoms with Crippen LogP contribution in [-0.4, -0.2) is 91.1 Å². The van der Waals surface area contributed by atoms with Crippen LogP contribution >= 0.6 is 0 Å². The lowest BCUT2D eigenvalue weighted by Crippen LogP contribution is -2.67. The van der Waals surface area contributed by atoms with Crippen molar-refractivity contribution < 1.29 is 45.0 Å². The Balaban J connectivity index is 1.17. The number of phenols is 1. The average molecular weight is 750 g/mol. The van der Waals surface area contributed by atoms with E-state index in [-0.39, 0.29) is 59.6 Å². The number of benzene rings is 1. The normalized spacial score (nSPS) is 42.8. The van der Waals surface area contributed by atoms with Crippen LogP contribution in [0, 0.1) is 45.3 Å². The number of aliphatic hydroxyl groups is 5. The molecule has 1 aromatic carbocycles. The third kappa shape index (κ3) is 5.39. The quantitative estimate of drug-likeness (QED) is 0.191. The molecule has 2 saturated heterocycles. The molecule has 10 nitrogen and oxygen atoms in total. The maximum absolute atomic E-state index is 14.3. The number of hydrogen-bond donors (Lipinski definition) is 6. The van der Waals surface area contributed by atoms with Crippen LogP contribution in [0.1, 0.15) is 117 Å². The molecule has 0 bridgehead atoms. The summed E-state index contributed by atoms with van der Waals surface area (Å²) in [6.07, 6.45) is 6.72. The minimum absolute atomic E-state index is 0.0110. The molecule has 0 aromatic heterocycles. The zero-order chi connectivity index (χ0) is 38.8. The second-order valence-corrected chi connectivity index (χ2v) is 19.9. The lowest BCUT2D eigenvalue weighted by atomic mass is 9.40. The molecule has 2 heterocycles. The molecule has 1 spiro atoms. The van der Waals surface area contributed by atoms with Gasteiger partial charge in [0.05, 0.1) is 41.5 Å². The third-order valence-corrected chi connectivity index (χ3v) is 17.0. The van der Waals surface area contributed by atoms with E-state index in [0.717, 1.165) is 31.2 Å². The van der Waals surface area contributed by atoms with Crippen LogP contribution in [0.4, 0.5) is 5.69 Å². The fraction of sp³-hybridized carbons (Fsp3) is 0.773. The number of carbonyl (C=O) groups is 2. The maximum Gasteiger partial charge on any atom is 0.227 e. The number of aromatic hydroxyl groups is 1. The molecule has 2 aliphatic heterocycles. The molecule has 5 aliphatic carbocycles. The first-order valence-electron chi connectivity index (χ1n) is 20.8. The van der Waals surface area contributed by atoms with E-state index < -0.39 is 52.4 Å². The summed E-state index contributed by atoms with van der Waals surface area (Å²) in [7, 11) is 0. The Morgan fingerprint density at radius 2 is 1.70 bits per heavy atom. The van der Waals surface area contributed by atoms with Crippen LogP contribution < -0.4 is 4.90 Å². The minimum atomic E-state index is -1.47. The topological polar surface area (TPSA) is 171 Å². The smallest absolute Gasteiger partial charge is 0.227 e. The van der Waals surface area contributed by atoms with E-state index in [2.05, 4.69) is 20.8 Å². The van der Waals surface area contributed by atoms with E-state index in [1.54, 1.807) is 18.2 Å². The van der Waals surface area contributed by atoms with Gasteiger partial charge in [-0.15, -0.1) is 0 Å². The van der Waals surface area contributed by atoms with Gasteiger partial charge in [0.1, 0.15) is 11.9 Å². The minimum Gasteiger partial charge on any atom is -0.508 e. The Morgan fingerprint density at radius 1 is 1.00 bits per heavy atom. The SMILES string of the molecule is CC(C)[C@@H](C)[C@@H]1O[C@H]1[C@](C)(O)[C@H]1CC[C@@]2(O)C3=CC(=O)[C@]4(CO)C[C@@H](O)[C@@H](O)C[C@]4(C)[C@H]3CC[C@]12CCc1cc(O)cc(N2CC3(CCCC3)CC2=O)c1. The highest BCUT2D eigenvalue weighted by molar-refractivity contribution is 5.98. The van der Waals surface area contributed by atoms with Crippen LogP contribution in [0.5, 0.6) is 5.75 Å². The van der Waals surface area contributed by atoms with Crippen molar-refractivity contribution >= 4 is 17.4 Å². The predicted octanol–water partition coefficient (Wildman–Crippen LogP) is 4.98. The van der Waals surface area contributed by atoms with Crippen molar-refractivity contribution in [3.05, 3.63) is 35.4 Å². The van der Waals surface area contributed by atoms with E-state index in [1.807, 2.05) is 24.8 Å². The Hall–Kier alpha value is -2.34. The molecule has 6 fully saturated rings. The molecule has 6 N–H and O–H groups in total. The van der Waals surface area contributed by atoms with Crippen LogP contribution in [-0.2, 0) is 20.7 Å². The molecule has 298 valence electrons. The molecule has 4 saturated carbocycles. The number of aliphatic hydroxyl groups excluding tert-OH is 3. The summed E-state index contributed by atoms with van der Waals surface area (Å²) >= 11 is 0. The second kappa shape index (κ2) is 12.8. The fourth-order valence-corrected chi connectivity index (χ4v) is 13.5. The largest absolute Gasteiger partial charge is 0.508 e. The molecular formula is C44H63NO9. The van der Waals surface area contributed by atoms with Crippen molar-refractivity contribution in [3.8, 4) is 5.75 Å². The van der Waals surface area contributed by atoms with Crippen molar-refractivity contribution in [1.29, 1.82) is 0 Å². The van der Waals surface area contributed by atoms with Gasteiger partial charge in [0, 0.05) is 30.1 Å². The van der Waals surface area contributed by atoms with Crippen LogP contribution in [0.15, 0.2) is 29.8 Å². The van der Waals surface area contributed by atoms with Gasteiger partial charge in [-0.3, -0.25) is 9.59 Å². The number of allylic oxidation sites excluding steroid dienone is 1. The van der Waals surface area contributed by atoms with Gasteiger partial charge in [0.15, 0.2) is 5.78 Å². The van der Waals surface area contributed by atoms with E-state index in [1.165, 1.54) is 0 Å². The van der Waals surface area contributed by atoms with Gasteiger partial charge >= 0.3 is 0 Å². The lowest BCUT2D eigenvalue weighted by molar-refractivity contribution is -0.195. The number of rotatable bonds is 9. The summed E-state index contributed by atoms with van der Waals surface area (Å²) in [5.74, 6) is -0.268. The monoisotopic (exact) mass is 749 g/mol. The van der Waals surface area contributed by atoms with Crippen molar-refractivity contribution in [2.24, 2.45) is 45.3 Å². The second-order valence-electron chi connectivity index (χ2n) is 19.9. The molecule has 0 unspecified atom stereocenters. The van der Waals surface area contributed by atoms with Gasteiger partial charge in [-0.05, 0) is 135 Å². The summed E-state index contributed by atoms with van der Waals surface area (Å²) < 4.78 is 6.29. The summed E-state index contributed by atoms with van der Waals surface area (Å²) in [4.78, 5) is 29.5. The highest BCUT2D eigenvalue weighted by Crippen LogP contribution is 2.72. The number of ether oxygens (including phenoxy) is 1. The van der Waals surface area contributed by atoms with Gasteiger partial charge < -0.3 is 40.3 Å². The number of aryl methyl sites for hydroxylation is 1. The van der Waals surface area contributed by atoms with Crippen molar-refractivity contribution in [1.82, 2.24) is 0 Å². The molecule has 8 rings (SSSR count). The summed E-state index contributed by atoms with van der Waals surface area (Å²) in [5.41, 5.74) is -3.64. The molecule has 1 amide bonds. The first-order chi connectivity index (χ1) is 25.4. The third-order valence-electron chi connectivity index (χ3n) is 17.0. The zero-order valence-electron chi connectivity index (χ0n) is 32.9. The summed E-state index contributed by atoms with van der Waals surface area (Å²) in [6, 6.07) is 5.40. The van der Waals surface area contributed by atoms with Crippen molar-refractivity contribution in [2.75, 3.05) is 18.1 Å². The Morgan fingerprint density at radius 3 is 2.39 bits per heavy atom. The van der Waals surface area contributed by atoms with Gasteiger partial charge in [0.25, 0.3) is 0 Å². The van der Waals surface area contributed by atoms with Gasteiger partial charge in [-0.25, -0.2) is 0 Å². The van der Waals surface area contributed by atoms with Gasteiger partial charge in [-0.1, -0.05) is 40.5 Å². The lowest BCUT2D eigenvalue weighted by Gasteiger charge is -2.64. The number of carbonyl (C=O) groups excluding carboxylic acids is 2. The van der Waals surface area contributed by atoms with Crippen LogP contribution in [0.2, 0.25) is 0 Å². The van der Waals surface area contributed by atoms with Crippen molar-refractivity contribution in [3.63, 3.8) is 0 Å². The highest BCUT2D eigenvalue weighted by atomic mass is 16.6. The van der Waals surface area contributed by atoms with E-state index >= 15 is 0 Å². The van der Waals surface area contributed by atoms with E-state index in [4.69, 9.17) is 4.74 Å². The average Bonchev–Trinajstić information content (AvgIpc) is 3.54. The number of epoxide rings is 1. The Labute approximate surface area is 320 Å². The number of phenolic OH excluding ortho intramolecular Hbond substituents is 1. The molecule has 12 atom stereocenters. The maximum atomic E-state index is 14.3. The predicted molar refractivity (Wildman–Crippen MR) is 202 cm³/mol. The van der Waals surface area contributed by atoms with Crippen LogP contribution in [0.3, 0.4) is 0 Å². The summed E-state index contributed by atoms with van der Waals surface area (Å²) in [5, 5.41) is 69.7.